The Balaban J connectivity index is 3.58. The highest BCUT2D eigenvalue weighted by Crippen LogP contribution is 2.10. The molecule has 0 bridgehead atoms. The van der Waals surface area contributed by atoms with E-state index < -0.39 is 0 Å². The Kier molecular flexibility index (Phi) is 25.5. The predicted molar refractivity (Wildman–Crippen MR) is 159 cm³/mol. The second-order valence-corrected chi connectivity index (χ2v) is 10.3. The summed E-state index contributed by atoms with van der Waals surface area (Å²) in [6.45, 7) is 10.8. The fraction of sp³-hybridized carbons (Fsp3) is 0.767. The van der Waals surface area contributed by atoms with Crippen molar-refractivity contribution in [2.24, 2.45) is 11.7 Å². The highest BCUT2D eigenvalue weighted by Gasteiger charge is 2.16. The van der Waals surface area contributed by atoms with Crippen molar-refractivity contribution in [2.75, 3.05) is 65.9 Å². The first kappa shape index (κ1) is 39.3. The summed E-state index contributed by atoms with van der Waals surface area (Å²) in [6.07, 6.45) is 5.56. The van der Waals surface area contributed by atoms with Crippen LogP contribution in [-0.4, -0.2) is 95.1 Å². The number of amides is 2. The van der Waals surface area contributed by atoms with Crippen molar-refractivity contribution in [3.8, 4) is 0 Å². The highest BCUT2D eigenvalue weighted by atomic mass is 16.5. The third-order valence-electron chi connectivity index (χ3n) is 5.99. The van der Waals surface area contributed by atoms with Crippen molar-refractivity contribution in [3.05, 3.63) is 12.3 Å². The van der Waals surface area contributed by atoms with E-state index in [4.69, 9.17) is 24.7 Å². The molecule has 12 heteroatoms. The molecule has 0 rings (SSSR count). The van der Waals surface area contributed by atoms with Crippen LogP contribution in [0, 0.1) is 5.92 Å². The van der Waals surface area contributed by atoms with Crippen LogP contribution in [0.5, 0.6) is 0 Å². The molecule has 0 fully saturated rings. The van der Waals surface area contributed by atoms with Crippen LogP contribution in [0.2, 0.25) is 0 Å². The Bertz CT molecular complexity index is 805. The largest absolute Gasteiger partial charge is 0.387 e. The number of hydrogen-bond donors (Lipinski definition) is 3. The molecule has 0 aliphatic heterocycles. The lowest BCUT2D eigenvalue weighted by Gasteiger charge is -2.12. The van der Waals surface area contributed by atoms with E-state index in [-0.39, 0.29) is 54.7 Å². The van der Waals surface area contributed by atoms with Crippen LogP contribution in [0.15, 0.2) is 12.3 Å². The zero-order chi connectivity index (χ0) is 31.4. The molecular formula is C30H53N3O9. The van der Waals surface area contributed by atoms with E-state index >= 15 is 0 Å². The number of nitrogens with one attached hydrogen (secondary N) is 2. The van der Waals surface area contributed by atoms with Gasteiger partial charge in [-0.05, 0) is 39.0 Å². The number of rotatable bonds is 31. The van der Waals surface area contributed by atoms with Gasteiger partial charge < -0.3 is 35.3 Å². The zero-order valence-corrected chi connectivity index (χ0v) is 25.7. The number of carbonyl (C=O) groups excluding carboxylic acids is 5. The summed E-state index contributed by atoms with van der Waals surface area (Å²) in [6, 6.07) is 0. The van der Waals surface area contributed by atoms with Crippen molar-refractivity contribution < 1.29 is 42.9 Å². The molecule has 1 atom stereocenters. The molecule has 0 unspecified atom stereocenters. The van der Waals surface area contributed by atoms with Crippen molar-refractivity contribution in [3.63, 3.8) is 0 Å². The molecule has 0 heterocycles. The molecule has 0 aromatic heterocycles. The molecule has 242 valence electrons. The Hall–Kier alpha value is -2.67. The molecule has 0 aliphatic rings. The number of hydrogen-bond acceptors (Lipinski definition) is 10. The fourth-order valence-electron chi connectivity index (χ4n) is 3.70. The maximum Gasteiger partial charge on any atom is 0.223 e. The molecule has 0 aromatic carbocycles. The van der Waals surface area contributed by atoms with E-state index in [0.717, 1.165) is 18.5 Å². The van der Waals surface area contributed by atoms with Gasteiger partial charge in [0.05, 0.1) is 33.0 Å². The molecule has 0 saturated carbocycles. The lowest BCUT2D eigenvalue weighted by atomic mass is 10.00. The highest BCUT2D eigenvalue weighted by molar-refractivity contribution is 5.86. The van der Waals surface area contributed by atoms with Crippen molar-refractivity contribution >= 4 is 29.2 Å². The number of ketones is 3. The number of ether oxygens (including phenoxy) is 4. The number of unbranched alkanes of at least 4 members (excludes halogenated alkanes) is 2. The second kappa shape index (κ2) is 27.2. The molecule has 4 N–H and O–H groups in total. The van der Waals surface area contributed by atoms with Crippen molar-refractivity contribution in [2.45, 2.75) is 78.1 Å². The van der Waals surface area contributed by atoms with E-state index in [1.165, 1.54) is 6.92 Å². The monoisotopic (exact) mass is 599 g/mol. The van der Waals surface area contributed by atoms with Crippen LogP contribution < -0.4 is 16.4 Å². The van der Waals surface area contributed by atoms with Gasteiger partial charge in [0.2, 0.25) is 11.8 Å². The van der Waals surface area contributed by atoms with E-state index in [1.807, 2.05) is 0 Å². The number of Topliss-reactive ketones (excluding diaryl/α,β-unsaturated/α-hetero) is 3. The van der Waals surface area contributed by atoms with Crippen molar-refractivity contribution in [1.29, 1.82) is 0 Å². The van der Waals surface area contributed by atoms with Crippen LogP contribution >= 0.6 is 0 Å². The summed E-state index contributed by atoms with van der Waals surface area (Å²) in [5.74, 6) is -0.791. The average molecular weight is 600 g/mol. The molecule has 42 heavy (non-hydrogen) atoms. The second-order valence-electron chi connectivity index (χ2n) is 10.3. The summed E-state index contributed by atoms with van der Waals surface area (Å²) >= 11 is 0. The molecular weight excluding hydrogens is 546 g/mol. The number of nitrogens with two attached hydrogens (primary N) is 1. The smallest absolute Gasteiger partial charge is 0.223 e. The number of allylic oxidation sites excluding steroid dienone is 1. The molecule has 0 aliphatic carbocycles. The predicted octanol–water partition coefficient (Wildman–Crippen LogP) is 2.02. The zero-order valence-electron chi connectivity index (χ0n) is 25.7. The van der Waals surface area contributed by atoms with Crippen molar-refractivity contribution in [1.82, 2.24) is 10.6 Å². The minimum atomic E-state index is -0.375. The SMILES string of the molecule is C=C(CCCC(=O)C[C@@H](C)C(=O)NCCCCCC(N)=O)NCCOCCOCC(=O)CCCOCCOCC(C)=O. The van der Waals surface area contributed by atoms with Gasteiger partial charge in [0, 0.05) is 57.0 Å². The Morgan fingerprint density at radius 2 is 1.31 bits per heavy atom. The molecule has 0 saturated heterocycles. The Morgan fingerprint density at radius 1 is 0.667 bits per heavy atom. The summed E-state index contributed by atoms with van der Waals surface area (Å²) in [5.41, 5.74) is 5.92. The van der Waals surface area contributed by atoms with E-state index in [2.05, 4.69) is 17.2 Å². The number of carbonyl (C=O) groups is 5. The van der Waals surface area contributed by atoms with Crippen LogP contribution in [0.4, 0.5) is 0 Å². The quantitative estimate of drug-likeness (QED) is 0.100. The minimum absolute atomic E-state index is 0.00535. The topological polar surface area (TPSA) is 172 Å². The summed E-state index contributed by atoms with van der Waals surface area (Å²) in [7, 11) is 0. The molecule has 2 amide bonds. The first-order valence-electron chi connectivity index (χ1n) is 14.9. The summed E-state index contributed by atoms with van der Waals surface area (Å²) in [5, 5.41) is 6.01. The van der Waals surface area contributed by atoms with Gasteiger partial charge in [-0.1, -0.05) is 19.9 Å². The van der Waals surface area contributed by atoms with Crippen LogP contribution in [-0.2, 0) is 42.9 Å². The lowest BCUT2D eigenvalue weighted by molar-refractivity contribution is -0.129. The first-order valence-corrected chi connectivity index (χ1v) is 14.9. The van der Waals surface area contributed by atoms with Gasteiger partial charge in [-0.25, -0.2) is 0 Å². The van der Waals surface area contributed by atoms with Gasteiger partial charge in [0.15, 0.2) is 11.6 Å². The molecule has 0 radical (unpaired) electrons. The van der Waals surface area contributed by atoms with Gasteiger partial charge >= 0.3 is 0 Å². The maximum atomic E-state index is 12.2. The van der Waals surface area contributed by atoms with E-state index in [0.29, 0.717) is 97.7 Å². The van der Waals surface area contributed by atoms with Crippen LogP contribution in [0.3, 0.4) is 0 Å². The summed E-state index contributed by atoms with van der Waals surface area (Å²) in [4.78, 5) is 57.6. The van der Waals surface area contributed by atoms with Crippen LogP contribution in [0.25, 0.3) is 0 Å². The van der Waals surface area contributed by atoms with E-state index in [1.54, 1.807) is 6.92 Å². The van der Waals surface area contributed by atoms with Crippen LogP contribution in [0.1, 0.15) is 78.1 Å². The average Bonchev–Trinajstić information content (AvgIpc) is 2.92. The van der Waals surface area contributed by atoms with Gasteiger partial charge in [0.1, 0.15) is 19.0 Å². The minimum Gasteiger partial charge on any atom is -0.387 e. The Morgan fingerprint density at radius 3 is 2.00 bits per heavy atom. The van der Waals surface area contributed by atoms with Gasteiger partial charge in [-0.15, -0.1) is 0 Å². The van der Waals surface area contributed by atoms with Gasteiger partial charge in [-0.3, -0.25) is 24.0 Å². The molecule has 0 spiro atoms. The normalized spacial score (nSPS) is 11.6. The van der Waals surface area contributed by atoms with Gasteiger partial charge in [0.25, 0.3) is 0 Å². The maximum absolute atomic E-state index is 12.2. The van der Waals surface area contributed by atoms with Gasteiger partial charge in [-0.2, -0.15) is 0 Å². The first-order chi connectivity index (χ1) is 20.1. The Labute approximate surface area is 250 Å². The summed E-state index contributed by atoms with van der Waals surface area (Å²) < 4.78 is 21.3. The lowest BCUT2D eigenvalue weighted by Crippen LogP contribution is -2.31. The molecule has 0 aromatic rings. The fourth-order valence-corrected chi connectivity index (χ4v) is 3.70. The third kappa shape index (κ3) is 27.5. The number of primary amides is 1. The molecule has 12 nitrogen and oxygen atoms in total. The third-order valence-corrected chi connectivity index (χ3v) is 5.99. The van der Waals surface area contributed by atoms with E-state index in [9.17, 15) is 24.0 Å². The standard InChI is InChI=1S/C30H53N3O9/c1-24(30(38)33-13-6-4-5-12-29(31)37)21-27(35)10-7-9-25(2)32-14-16-40-18-20-42-23-28(36)11-8-15-39-17-19-41-22-26(3)34/h24,32H,2,4-23H2,1,3H3,(H2,31,37)(H,33,38)/t24-/m1/s1.